The summed E-state index contributed by atoms with van der Waals surface area (Å²) in [6.45, 7) is 2.58. The van der Waals surface area contributed by atoms with Crippen LogP contribution in [-0.4, -0.2) is 50.1 Å². The van der Waals surface area contributed by atoms with E-state index in [2.05, 4.69) is 26.8 Å². The summed E-state index contributed by atoms with van der Waals surface area (Å²) >= 11 is 0. The number of halogens is 1. The largest absolute Gasteiger partial charge is 0.391 e. The van der Waals surface area contributed by atoms with E-state index < -0.39 is 17.8 Å². The topological polar surface area (TPSA) is 105 Å². The molecule has 1 saturated heterocycles. The van der Waals surface area contributed by atoms with Gasteiger partial charge in [0.05, 0.1) is 28.6 Å². The number of hydrogen-bond donors (Lipinski definition) is 2. The van der Waals surface area contributed by atoms with Crippen LogP contribution in [0.25, 0.3) is 11.3 Å². The number of nitrogen functional groups attached to an aromatic ring is 1. The molecular formula is C24H22FN5O2. The number of anilines is 1. The second-order valence-corrected chi connectivity index (χ2v) is 7.51. The van der Waals surface area contributed by atoms with Gasteiger partial charge in [0.25, 0.3) is 5.91 Å². The molecule has 1 aliphatic heterocycles. The highest BCUT2D eigenvalue weighted by atomic mass is 19.1. The van der Waals surface area contributed by atoms with Crippen LogP contribution in [0.15, 0.2) is 42.9 Å². The van der Waals surface area contributed by atoms with Gasteiger partial charge in [0.2, 0.25) is 0 Å². The number of pyridine rings is 1. The van der Waals surface area contributed by atoms with Crippen molar-refractivity contribution in [1.82, 2.24) is 19.9 Å². The standard InChI is InChI=1S/C24H22FN5O2/c1-2-21-19(6-3-15-4-8-22(26)27-12-15)23(29-14-28-21)16-5-7-18(20(25)11-16)24(32)30-10-9-17(31)13-30/h4-5,7-8,11-12,14,17,31H,2,9-10,13H2,1H3,(H2,26,27)/t17-/m0/s1. The maximum absolute atomic E-state index is 14.9. The van der Waals surface area contributed by atoms with Crippen molar-refractivity contribution in [3.05, 3.63) is 71.1 Å². The van der Waals surface area contributed by atoms with Crippen molar-refractivity contribution in [1.29, 1.82) is 0 Å². The minimum atomic E-state index is -0.646. The summed E-state index contributed by atoms with van der Waals surface area (Å²) in [6, 6.07) is 7.82. The summed E-state index contributed by atoms with van der Waals surface area (Å²) in [5.74, 6) is 5.45. The third-order valence-electron chi connectivity index (χ3n) is 5.30. The minimum Gasteiger partial charge on any atom is -0.391 e. The zero-order chi connectivity index (χ0) is 22.7. The lowest BCUT2D eigenvalue weighted by molar-refractivity contribution is 0.0760. The first kappa shape index (κ1) is 21.4. The van der Waals surface area contributed by atoms with Crippen LogP contribution in [-0.2, 0) is 6.42 Å². The van der Waals surface area contributed by atoms with Crippen molar-refractivity contribution in [2.45, 2.75) is 25.9 Å². The Hall–Kier alpha value is -3.83. The molecule has 1 atom stereocenters. The molecular weight excluding hydrogens is 409 g/mol. The number of carbonyl (C=O) groups is 1. The third kappa shape index (κ3) is 4.43. The van der Waals surface area contributed by atoms with Gasteiger partial charge in [0, 0.05) is 30.4 Å². The van der Waals surface area contributed by atoms with Crippen molar-refractivity contribution < 1.29 is 14.3 Å². The van der Waals surface area contributed by atoms with Gasteiger partial charge in [-0.05, 0) is 37.1 Å². The summed E-state index contributed by atoms with van der Waals surface area (Å²) < 4.78 is 14.9. The van der Waals surface area contributed by atoms with E-state index in [9.17, 15) is 14.3 Å². The summed E-state index contributed by atoms with van der Waals surface area (Å²) in [7, 11) is 0. The highest BCUT2D eigenvalue weighted by Crippen LogP contribution is 2.26. The second-order valence-electron chi connectivity index (χ2n) is 7.51. The Labute approximate surface area is 185 Å². The van der Waals surface area contributed by atoms with Crippen molar-refractivity contribution in [2.75, 3.05) is 18.8 Å². The van der Waals surface area contributed by atoms with E-state index in [-0.39, 0.29) is 12.1 Å². The van der Waals surface area contributed by atoms with E-state index in [1.165, 1.54) is 23.4 Å². The fraction of sp³-hybridized carbons (Fsp3) is 0.250. The summed E-state index contributed by atoms with van der Waals surface area (Å²) in [4.78, 5) is 26.8. The number of carbonyl (C=O) groups excluding carboxylic acids is 1. The van der Waals surface area contributed by atoms with Gasteiger partial charge < -0.3 is 15.7 Å². The first-order chi connectivity index (χ1) is 15.5. The lowest BCUT2D eigenvalue weighted by Crippen LogP contribution is -2.30. The molecule has 0 unspecified atom stereocenters. The molecule has 0 saturated carbocycles. The molecule has 0 spiro atoms. The predicted octanol–water partition coefficient (Wildman–Crippen LogP) is 2.43. The maximum atomic E-state index is 14.9. The van der Waals surface area contributed by atoms with Crippen molar-refractivity contribution in [2.24, 2.45) is 0 Å². The first-order valence-electron chi connectivity index (χ1n) is 10.3. The van der Waals surface area contributed by atoms with Crippen LogP contribution in [0.3, 0.4) is 0 Å². The Kier molecular flexibility index (Phi) is 6.10. The number of hydrogen-bond acceptors (Lipinski definition) is 6. The number of nitrogens with two attached hydrogens (primary N) is 1. The average Bonchev–Trinajstić information content (AvgIpc) is 3.24. The molecule has 1 fully saturated rings. The van der Waals surface area contributed by atoms with Gasteiger partial charge in [0.15, 0.2) is 0 Å². The summed E-state index contributed by atoms with van der Waals surface area (Å²) in [5.41, 5.74) is 8.57. The SMILES string of the molecule is CCc1ncnc(-c2ccc(C(=O)N3CC[C@H](O)C3)c(F)c2)c1C#Cc1ccc(N)nc1. The summed E-state index contributed by atoms with van der Waals surface area (Å²) in [5, 5.41) is 9.66. The van der Waals surface area contributed by atoms with Crippen LogP contribution in [0, 0.1) is 17.7 Å². The molecule has 8 heteroatoms. The number of rotatable bonds is 3. The Morgan fingerprint density at radius 3 is 2.75 bits per heavy atom. The Morgan fingerprint density at radius 2 is 2.09 bits per heavy atom. The smallest absolute Gasteiger partial charge is 0.256 e. The van der Waals surface area contributed by atoms with Crippen LogP contribution in [0.2, 0.25) is 0 Å². The fourth-order valence-corrected chi connectivity index (χ4v) is 3.59. The number of benzene rings is 1. The molecule has 3 N–H and O–H groups in total. The molecule has 0 radical (unpaired) electrons. The van der Waals surface area contributed by atoms with Gasteiger partial charge in [-0.15, -0.1) is 0 Å². The number of nitrogens with zero attached hydrogens (tertiary/aromatic N) is 4. The van der Waals surface area contributed by atoms with E-state index in [1.54, 1.807) is 24.4 Å². The highest BCUT2D eigenvalue weighted by Gasteiger charge is 2.27. The third-order valence-corrected chi connectivity index (χ3v) is 5.30. The van der Waals surface area contributed by atoms with E-state index in [4.69, 9.17) is 5.73 Å². The maximum Gasteiger partial charge on any atom is 0.256 e. The Morgan fingerprint density at radius 1 is 1.25 bits per heavy atom. The van der Waals surface area contributed by atoms with Crippen LogP contribution in [0.1, 0.15) is 40.5 Å². The molecule has 3 heterocycles. The Balaban J connectivity index is 1.70. The van der Waals surface area contributed by atoms with Gasteiger partial charge in [-0.25, -0.2) is 19.3 Å². The predicted molar refractivity (Wildman–Crippen MR) is 118 cm³/mol. The van der Waals surface area contributed by atoms with Gasteiger partial charge in [0.1, 0.15) is 18.0 Å². The zero-order valence-electron chi connectivity index (χ0n) is 17.5. The summed E-state index contributed by atoms with van der Waals surface area (Å²) in [6.07, 6.45) is 3.56. The van der Waals surface area contributed by atoms with Crippen LogP contribution < -0.4 is 5.73 Å². The Bertz CT molecular complexity index is 1220. The normalized spacial score (nSPS) is 15.3. The van der Waals surface area contributed by atoms with Crippen molar-refractivity contribution >= 4 is 11.7 Å². The number of aromatic nitrogens is 3. The molecule has 1 aromatic carbocycles. The molecule has 0 bridgehead atoms. The van der Waals surface area contributed by atoms with E-state index >= 15 is 0 Å². The van der Waals surface area contributed by atoms with E-state index in [0.717, 1.165) is 5.69 Å². The lowest BCUT2D eigenvalue weighted by atomic mass is 10.0. The van der Waals surface area contributed by atoms with Gasteiger partial charge in [-0.3, -0.25) is 4.79 Å². The van der Waals surface area contributed by atoms with Crippen LogP contribution in [0.5, 0.6) is 0 Å². The molecule has 3 aromatic rings. The molecule has 7 nitrogen and oxygen atoms in total. The molecule has 32 heavy (non-hydrogen) atoms. The minimum absolute atomic E-state index is 0.0341. The number of aliphatic hydroxyl groups is 1. The highest BCUT2D eigenvalue weighted by molar-refractivity contribution is 5.95. The second kappa shape index (κ2) is 9.12. The van der Waals surface area contributed by atoms with Gasteiger partial charge in [-0.2, -0.15) is 0 Å². The monoisotopic (exact) mass is 431 g/mol. The van der Waals surface area contributed by atoms with Crippen LogP contribution >= 0.6 is 0 Å². The molecule has 162 valence electrons. The number of likely N-dealkylation sites (tertiary alicyclic amines) is 1. The van der Waals surface area contributed by atoms with Crippen molar-refractivity contribution in [3.8, 4) is 23.1 Å². The number of aliphatic hydroxyl groups excluding tert-OH is 1. The number of β-amino-alcohol motifs (C(OH)–C–C–N with tert-alkyl or cyclic N) is 1. The number of aryl methyl sites for hydroxylation is 1. The van der Waals surface area contributed by atoms with Gasteiger partial charge in [-0.1, -0.05) is 24.8 Å². The lowest BCUT2D eigenvalue weighted by Gasteiger charge is -2.16. The molecule has 1 aliphatic rings. The molecule has 2 aromatic heterocycles. The van der Waals surface area contributed by atoms with Crippen LogP contribution in [0.4, 0.5) is 10.2 Å². The quantitative estimate of drug-likeness (QED) is 0.617. The average molecular weight is 431 g/mol. The number of amides is 1. The zero-order valence-corrected chi connectivity index (χ0v) is 17.5. The van der Waals surface area contributed by atoms with E-state index in [1.807, 2.05) is 6.92 Å². The fourth-order valence-electron chi connectivity index (χ4n) is 3.59. The van der Waals surface area contributed by atoms with Crippen molar-refractivity contribution in [3.63, 3.8) is 0 Å². The molecule has 1 amide bonds. The molecule has 4 rings (SSSR count). The van der Waals surface area contributed by atoms with Gasteiger partial charge >= 0.3 is 0 Å². The van der Waals surface area contributed by atoms with E-state index in [0.29, 0.717) is 47.6 Å². The first-order valence-corrected chi connectivity index (χ1v) is 10.3. The molecule has 0 aliphatic carbocycles.